The van der Waals surface area contributed by atoms with Crippen LogP contribution in [0.3, 0.4) is 0 Å². The van der Waals surface area contributed by atoms with Crippen LogP contribution in [0, 0.1) is 6.92 Å². The van der Waals surface area contributed by atoms with Gasteiger partial charge in [0.2, 0.25) is 11.8 Å². The summed E-state index contributed by atoms with van der Waals surface area (Å²) >= 11 is 0. The first-order valence-corrected chi connectivity index (χ1v) is 8.49. The highest BCUT2D eigenvalue weighted by Gasteiger charge is 2.22. The lowest BCUT2D eigenvalue weighted by atomic mass is 10.1. The molecule has 2 aromatic carbocycles. The standard InChI is InChI=1S/C20H23N3O2/c1-13-4-6-17(7-5-13)22-20(25)14(2)21-18-8-9-19-16(12-18)10-11-23(19)15(3)24/h4-9,12,14,21H,10-11H2,1-3H3,(H,22,25)/t14-/m1/s1. The molecule has 0 aromatic heterocycles. The molecule has 0 aliphatic carbocycles. The van der Waals surface area contributed by atoms with Crippen LogP contribution in [0.15, 0.2) is 42.5 Å². The number of nitrogens with one attached hydrogen (secondary N) is 2. The summed E-state index contributed by atoms with van der Waals surface area (Å²) in [6.07, 6.45) is 0.842. The summed E-state index contributed by atoms with van der Waals surface area (Å²) in [6, 6.07) is 13.2. The molecule has 0 bridgehead atoms. The van der Waals surface area contributed by atoms with E-state index in [4.69, 9.17) is 0 Å². The maximum atomic E-state index is 12.4. The third-order valence-electron chi connectivity index (χ3n) is 4.45. The first-order valence-electron chi connectivity index (χ1n) is 8.49. The summed E-state index contributed by atoms with van der Waals surface area (Å²) in [6.45, 7) is 6.14. The zero-order chi connectivity index (χ0) is 18.0. The molecule has 0 unspecified atom stereocenters. The van der Waals surface area contributed by atoms with Gasteiger partial charge in [-0.1, -0.05) is 17.7 Å². The molecule has 0 spiro atoms. The Morgan fingerprint density at radius 3 is 2.44 bits per heavy atom. The molecule has 0 saturated heterocycles. The summed E-state index contributed by atoms with van der Waals surface area (Å²) in [5.41, 5.74) is 4.93. The number of nitrogens with zero attached hydrogens (tertiary/aromatic N) is 1. The minimum absolute atomic E-state index is 0.0605. The van der Waals surface area contributed by atoms with Gasteiger partial charge in [-0.3, -0.25) is 9.59 Å². The molecule has 5 heteroatoms. The summed E-state index contributed by atoms with van der Waals surface area (Å²) in [5.74, 6) is -0.0278. The number of fused-ring (bicyclic) bond motifs is 1. The van der Waals surface area contributed by atoms with Gasteiger partial charge in [0.1, 0.15) is 6.04 Å². The van der Waals surface area contributed by atoms with Crippen molar-refractivity contribution in [3.8, 4) is 0 Å². The quantitative estimate of drug-likeness (QED) is 0.899. The molecule has 1 aliphatic rings. The van der Waals surface area contributed by atoms with Crippen LogP contribution in [-0.4, -0.2) is 24.4 Å². The van der Waals surface area contributed by atoms with E-state index in [1.54, 1.807) is 11.8 Å². The zero-order valence-corrected chi connectivity index (χ0v) is 14.8. The Morgan fingerprint density at radius 2 is 1.76 bits per heavy atom. The largest absolute Gasteiger partial charge is 0.374 e. The van der Waals surface area contributed by atoms with Gasteiger partial charge < -0.3 is 15.5 Å². The maximum Gasteiger partial charge on any atom is 0.246 e. The molecule has 2 N–H and O–H groups in total. The van der Waals surface area contributed by atoms with Crippen molar-refractivity contribution in [1.82, 2.24) is 0 Å². The Morgan fingerprint density at radius 1 is 1.08 bits per heavy atom. The smallest absolute Gasteiger partial charge is 0.246 e. The molecule has 1 atom stereocenters. The van der Waals surface area contributed by atoms with E-state index in [1.807, 2.05) is 56.3 Å². The van der Waals surface area contributed by atoms with Gasteiger partial charge in [0.15, 0.2) is 0 Å². The lowest BCUT2D eigenvalue weighted by Gasteiger charge is -2.18. The maximum absolute atomic E-state index is 12.4. The van der Waals surface area contributed by atoms with E-state index in [0.29, 0.717) is 0 Å². The molecule has 0 saturated carbocycles. The SMILES string of the molecule is CC(=O)N1CCc2cc(N[C@H](C)C(=O)Nc3ccc(C)cc3)ccc21. The third-order valence-corrected chi connectivity index (χ3v) is 4.45. The number of hydrogen-bond donors (Lipinski definition) is 2. The lowest BCUT2D eigenvalue weighted by molar-refractivity contribution is -0.117. The molecular formula is C20H23N3O2. The first kappa shape index (κ1) is 17.0. The number of hydrogen-bond acceptors (Lipinski definition) is 3. The molecule has 130 valence electrons. The molecule has 0 radical (unpaired) electrons. The van der Waals surface area contributed by atoms with E-state index >= 15 is 0 Å². The van der Waals surface area contributed by atoms with Crippen molar-refractivity contribution in [3.63, 3.8) is 0 Å². The molecule has 2 aromatic rings. The number of rotatable bonds is 4. The van der Waals surface area contributed by atoms with Crippen molar-refractivity contribution in [3.05, 3.63) is 53.6 Å². The van der Waals surface area contributed by atoms with Crippen LogP contribution in [0.25, 0.3) is 0 Å². The second kappa shape index (κ2) is 6.97. The number of benzene rings is 2. The number of carbonyl (C=O) groups excluding carboxylic acids is 2. The van der Waals surface area contributed by atoms with Crippen LogP contribution in [0.4, 0.5) is 17.1 Å². The van der Waals surface area contributed by atoms with Crippen molar-refractivity contribution in [2.75, 3.05) is 22.1 Å². The summed E-state index contributed by atoms with van der Waals surface area (Å²) in [7, 11) is 0. The van der Waals surface area contributed by atoms with Gasteiger partial charge in [0, 0.05) is 30.5 Å². The Bertz CT molecular complexity index is 799. The monoisotopic (exact) mass is 337 g/mol. The molecule has 1 aliphatic heterocycles. The molecule has 3 rings (SSSR count). The predicted octanol–water partition coefficient (Wildman–Crippen LogP) is 3.34. The number of carbonyl (C=O) groups is 2. The van der Waals surface area contributed by atoms with E-state index in [9.17, 15) is 9.59 Å². The Labute approximate surface area is 148 Å². The highest BCUT2D eigenvalue weighted by Crippen LogP contribution is 2.30. The van der Waals surface area contributed by atoms with Crippen LogP contribution in [0.5, 0.6) is 0 Å². The Balaban J connectivity index is 1.65. The zero-order valence-electron chi connectivity index (χ0n) is 14.8. The molecule has 0 fully saturated rings. The van der Waals surface area contributed by atoms with Gasteiger partial charge in [-0.05, 0) is 56.2 Å². The average molecular weight is 337 g/mol. The fourth-order valence-electron chi connectivity index (χ4n) is 3.02. The van der Waals surface area contributed by atoms with Gasteiger partial charge in [0.05, 0.1) is 0 Å². The fraction of sp³-hybridized carbons (Fsp3) is 0.300. The normalized spacial score (nSPS) is 14.0. The van der Waals surface area contributed by atoms with Crippen LogP contribution in [0.1, 0.15) is 25.0 Å². The van der Waals surface area contributed by atoms with Crippen molar-refractivity contribution in [2.24, 2.45) is 0 Å². The minimum atomic E-state index is -0.371. The molecule has 25 heavy (non-hydrogen) atoms. The molecular weight excluding hydrogens is 314 g/mol. The Hall–Kier alpha value is -2.82. The van der Waals surface area contributed by atoms with Crippen molar-refractivity contribution in [2.45, 2.75) is 33.2 Å². The highest BCUT2D eigenvalue weighted by molar-refractivity contribution is 5.97. The van der Waals surface area contributed by atoms with Gasteiger partial charge in [-0.25, -0.2) is 0 Å². The fourth-order valence-corrected chi connectivity index (χ4v) is 3.02. The van der Waals surface area contributed by atoms with Crippen LogP contribution >= 0.6 is 0 Å². The molecule has 2 amide bonds. The topological polar surface area (TPSA) is 61.4 Å². The van der Waals surface area contributed by atoms with Crippen molar-refractivity contribution >= 4 is 28.9 Å². The summed E-state index contributed by atoms with van der Waals surface area (Å²) < 4.78 is 0. The van der Waals surface area contributed by atoms with Gasteiger partial charge in [-0.15, -0.1) is 0 Å². The summed E-state index contributed by atoms with van der Waals surface area (Å²) in [5, 5.41) is 6.14. The third kappa shape index (κ3) is 3.82. The predicted molar refractivity (Wildman–Crippen MR) is 101 cm³/mol. The van der Waals surface area contributed by atoms with Crippen LogP contribution in [0.2, 0.25) is 0 Å². The Kier molecular flexibility index (Phi) is 4.74. The van der Waals surface area contributed by atoms with Crippen molar-refractivity contribution in [1.29, 1.82) is 0 Å². The summed E-state index contributed by atoms with van der Waals surface area (Å²) in [4.78, 5) is 25.7. The van der Waals surface area contributed by atoms with E-state index in [0.717, 1.165) is 41.2 Å². The molecule has 5 nitrogen and oxygen atoms in total. The van der Waals surface area contributed by atoms with Gasteiger partial charge >= 0.3 is 0 Å². The lowest BCUT2D eigenvalue weighted by Crippen LogP contribution is -2.31. The number of anilines is 3. The second-order valence-electron chi connectivity index (χ2n) is 6.49. The first-order chi connectivity index (χ1) is 11.9. The van der Waals surface area contributed by atoms with E-state index < -0.39 is 0 Å². The van der Waals surface area contributed by atoms with Crippen LogP contribution in [-0.2, 0) is 16.0 Å². The second-order valence-corrected chi connectivity index (χ2v) is 6.49. The van der Waals surface area contributed by atoms with Gasteiger partial charge in [-0.2, -0.15) is 0 Å². The average Bonchev–Trinajstić information content (AvgIpc) is 3.00. The number of aryl methyl sites for hydroxylation is 1. The van der Waals surface area contributed by atoms with E-state index in [-0.39, 0.29) is 17.9 Å². The highest BCUT2D eigenvalue weighted by atomic mass is 16.2. The van der Waals surface area contributed by atoms with E-state index in [1.165, 1.54) is 0 Å². The van der Waals surface area contributed by atoms with Crippen LogP contribution < -0.4 is 15.5 Å². The van der Waals surface area contributed by atoms with Crippen molar-refractivity contribution < 1.29 is 9.59 Å². The number of amides is 2. The minimum Gasteiger partial charge on any atom is -0.374 e. The van der Waals surface area contributed by atoms with Gasteiger partial charge in [0.25, 0.3) is 0 Å². The molecule has 1 heterocycles. The van der Waals surface area contributed by atoms with E-state index in [2.05, 4.69) is 10.6 Å².